The van der Waals surface area contributed by atoms with Crippen molar-refractivity contribution in [1.82, 2.24) is 5.01 Å². The largest absolute Gasteiger partial charge is 0.481 e. The molecule has 2 aromatic carbocycles. The number of para-hydroxylation sites is 1. The van der Waals surface area contributed by atoms with Gasteiger partial charge in [-0.15, -0.1) is 0 Å². The fourth-order valence-corrected chi connectivity index (χ4v) is 4.66. The van der Waals surface area contributed by atoms with Gasteiger partial charge in [0.05, 0.1) is 29.0 Å². The van der Waals surface area contributed by atoms with Crippen LogP contribution in [-0.2, 0) is 19.6 Å². The third-order valence-corrected chi connectivity index (χ3v) is 6.51. The van der Waals surface area contributed by atoms with Gasteiger partial charge in [0.25, 0.3) is 10.0 Å². The van der Waals surface area contributed by atoms with Crippen molar-refractivity contribution >= 4 is 33.3 Å². The van der Waals surface area contributed by atoms with Crippen molar-refractivity contribution in [2.24, 2.45) is 5.10 Å². The van der Waals surface area contributed by atoms with Crippen molar-refractivity contribution in [2.45, 2.75) is 30.2 Å². The minimum absolute atomic E-state index is 0.118. The van der Waals surface area contributed by atoms with E-state index in [1.54, 1.807) is 54.6 Å². The van der Waals surface area contributed by atoms with Crippen molar-refractivity contribution < 1.29 is 27.5 Å². The Bertz CT molecular complexity index is 1290. The Morgan fingerprint density at radius 3 is 2.45 bits per heavy atom. The van der Waals surface area contributed by atoms with Gasteiger partial charge in [-0.05, 0) is 30.3 Å². The van der Waals surface area contributed by atoms with Gasteiger partial charge in [-0.1, -0.05) is 36.4 Å². The standard InChI is InChI=1S/C23H21N3O6S/c27-22(12-13-23(28)29)26-20(21-11-6-14-32-21)15-19(24-26)17-9-4-5-10-18(17)25-33(30,31)16-7-2-1-3-8-16/h1-11,14,20,25H,12-13,15H2,(H,28,29). The quantitative estimate of drug-likeness (QED) is 0.520. The zero-order valence-electron chi connectivity index (χ0n) is 17.4. The number of furan rings is 1. The molecule has 0 saturated heterocycles. The Labute approximate surface area is 190 Å². The topological polar surface area (TPSA) is 129 Å². The first-order valence-electron chi connectivity index (χ1n) is 10.2. The Morgan fingerprint density at radius 2 is 1.76 bits per heavy atom. The molecule has 1 aliphatic rings. The minimum atomic E-state index is -3.84. The van der Waals surface area contributed by atoms with E-state index in [1.165, 1.54) is 23.4 Å². The summed E-state index contributed by atoms with van der Waals surface area (Å²) in [5.74, 6) is -1.04. The van der Waals surface area contributed by atoms with Gasteiger partial charge in [0.2, 0.25) is 5.91 Å². The molecule has 10 heteroatoms. The van der Waals surface area contributed by atoms with Crippen molar-refractivity contribution in [1.29, 1.82) is 0 Å². The van der Waals surface area contributed by atoms with Gasteiger partial charge in [-0.25, -0.2) is 13.4 Å². The highest BCUT2D eigenvalue weighted by Gasteiger charge is 2.35. The summed E-state index contributed by atoms with van der Waals surface area (Å²) in [4.78, 5) is 23.8. The maximum Gasteiger partial charge on any atom is 0.303 e. The van der Waals surface area contributed by atoms with Crippen molar-refractivity contribution in [3.05, 3.63) is 84.3 Å². The van der Waals surface area contributed by atoms with Crippen LogP contribution in [0.25, 0.3) is 0 Å². The van der Waals surface area contributed by atoms with E-state index in [0.717, 1.165) is 0 Å². The van der Waals surface area contributed by atoms with Crippen LogP contribution in [-0.4, -0.2) is 36.1 Å². The molecule has 0 bridgehead atoms. The van der Waals surface area contributed by atoms with Crippen LogP contribution in [0, 0.1) is 0 Å². The third-order valence-electron chi connectivity index (χ3n) is 5.13. The Balaban J connectivity index is 1.66. The number of hydrogen-bond acceptors (Lipinski definition) is 6. The molecule has 1 atom stereocenters. The molecule has 0 radical (unpaired) electrons. The number of carboxylic acids is 1. The lowest BCUT2D eigenvalue weighted by Gasteiger charge is -2.19. The maximum atomic E-state index is 12.9. The molecule has 1 amide bonds. The van der Waals surface area contributed by atoms with E-state index in [0.29, 0.717) is 22.7 Å². The first-order valence-corrected chi connectivity index (χ1v) is 11.7. The van der Waals surface area contributed by atoms with Gasteiger partial charge in [0, 0.05) is 18.4 Å². The number of carbonyl (C=O) groups excluding carboxylic acids is 1. The number of sulfonamides is 1. The molecule has 0 fully saturated rings. The van der Waals surface area contributed by atoms with Crippen LogP contribution in [0.3, 0.4) is 0 Å². The summed E-state index contributed by atoms with van der Waals surface area (Å²) in [7, 11) is -3.84. The second-order valence-corrected chi connectivity index (χ2v) is 9.06. The maximum absolute atomic E-state index is 12.9. The molecule has 1 aromatic heterocycles. The fourth-order valence-electron chi connectivity index (χ4n) is 3.56. The average molecular weight is 468 g/mol. The summed E-state index contributed by atoms with van der Waals surface area (Å²) in [5.41, 5.74) is 1.31. The van der Waals surface area contributed by atoms with Crippen LogP contribution >= 0.6 is 0 Å². The van der Waals surface area contributed by atoms with Gasteiger partial charge in [-0.2, -0.15) is 5.10 Å². The summed E-state index contributed by atoms with van der Waals surface area (Å²) >= 11 is 0. The highest BCUT2D eigenvalue weighted by atomic mass is 32.2. The van der Waals surface area contributed by atoms with Gasteiger partial charge in [0.15, 0.2) is 0 Å². The minimum Gasteiger partial charge on any atom is -0.481 e. The zero-order chi connectivity index (χ0) is 23.4. The van der Waals surface area contributed by atoms with Crippen LogP contribution in [0.1, 0.15) is 36.6 Å². The van der Waals surface area contributed by atoms with Crippen LogP contribution in [0.2, 0.25) is 0 Å². The lowest BCUT2D eigenvalue weighted by molar-refractivity contribution is -0.141. The summed E-state index contributed by atoms with van der Waals surface area (Å²) in [6, 6.07) is 17.6. The molecular formula is C23H21N3O6S. The monoisotopic (exact) mass is 467 g/mol. The molecule has 0 aliphatic carbocycles. The van der Waals surface area contributed by atoms with Crippen LogP contribution < -0.4 is 4.72 Å². The first kappa shape index (κ1) is 22.3. The number of benzene rings is 2. The molecule has 0 spiro atoms. The Morgan fingerprint density at radius 1 is 1.03 bits per heavy atom. The molecule has 4 rings (SSSR count). The van der Waals surface area contributed by atoms with E-state index in [2.05, 4.69) is 9.82 Å². The normalized spacial score (nSPS) is 15.8. The number of carbonyl (C=O) groups is 2. The highest BCUT2D eigenvalue weighted by Crippen LogP contribution is 2.35. The predicted octanol–water partition coefficient (Wildman–Crippen LogP) is 3.62. The van der Waals surface area contributed by atoms with Crippen LogP contribution in [0.15, 0.2) is 87.4 Å². The molecule has 0 saturated carbocycles. The zero-order valence-corrected chi connectivity index (χ0v) is 18.2. The average Bonchev–Trinajstić information content (AvgIpc) is 3.48. The van der Waals surface area contributed by atoms with Crippen molar-refractivity contribution in [2.75, 3.05) is 4.72 Å². The predicted molar refractivity (Wildman–Crippen MR) is 120 cm³/mol. The molecule has 33 heavy (non-hydrogen) atoms. The van der Waals surface area contributed by atoms with E-state index in [4.69, 9.17) is 9.52 Å². The summed E-state index contributed by atoms with van der Waals surface area (Å²) in [6.45, 7) is 0. The van der Waals surface area contributed by atoms with Gasteiger partial charge >= 0.3 is 5.97 Å². The van der Waals surface area contributed by atoms with Crippen LogP contribution in [0.4, 0.5) is 5.69 Å². The molecule has 2 heterocycles. The lowest BCUT2D eigenvalue weighted by Crippen LogP contribution is -2.27. The summed E-state index contributed by atoms with van der Waals surface area (Å²) in [6.07, 6.45) is 1.22. The van der Waals surface area contributed by atoms with Crippen LogP contribution in [0.5, 0.6) is 0 Å². The second kappa shape index (κ2) is 9.29. The number of nitrogens with one attached hydrogen (secondary N) is 1. The SMILES string of the molecule is O=C(O)CCC(=O)N1N=C(c2ccccc2NS(=O)(=O)c2ccccc2)CC1c1ccco1. The smallest absolute Gasteiger partial charge is 0.303 e. The number of hydrazone groups is 1. The van der Waals surface area contributed by atoms with Crippen molar-refractivity contribution in [3.8, 4) is 0 Å². The number of carboxylic acid groups (broad SMARTS) is 1. The molecule has 9 nitrogen and oxygen atoms in total. The van der Waals surface area contributed by atoms with Gasteiger partial charge in [0.1, 0.15) is 11.8 Å². The van der Waals surface area contributed by atoms with Crippen molar-refractivity contribution in [3.63, 3.8) is 0 Å². The van der Waals surface area contributed by atoms with Gasteiger partial charge in [-0.3, -0.25) is 14.3 Å². The lowest BCUT2D eigenvalue weighted by atomic mass is 10.0. The molecule has 170 valence electrons. The number of nitrogens with zero attached hydrogens (tertiary/aromatic N) is 2. The molecule has 3 aromatic rings. The fraction of sp³-hybridized carbons (Fsp3) is 0.174. The number of hydrogen-bond donors (Lipinski definition) is 2. The number of amides is 1. The highest BCUT2D eigenvalue weighted by molar-refractivity contribution is 7.92. The molecule has 2 N–H and O–H groups in total. The third kappa shape index (κ3) is 4.96. The van der Waals surface area contributed by atoms with E-state index in [-0.39, 0.29) is 24.2 Å². The van der Waals surface area contributed by atoms with E-state index in [9.17, 15) is 18.0 Å². The summed E-state index contributed by atoms with van der Waals surface area (Å²) in [5, 5.41) is 14.6. The van der Waals surface area contributed by atoms with Gasteiger partial charge < -0.3 is 9.52 Å². The Hall–Kier alpha value is -3.92. The second-order valence-electron chi connectivity index (χ2n) is 7.38. The number of rotatable bonds is 8. The first-order chi connectivity index (χ1) is 15.8. The summed E-state index contributed by atoms with van der Waals surface area (Å²) < 4.78 is 33.8. The number of anilines is 1. The van der Waals surface area contributed by atoms with E-state index < -0.39 is 27.9 Å². The Kier molecular flexibility index (Phi) is 6.27. The molecule has 1 aliphatic heterocycles. The van der Waals surface area contributed by atoms with E-state index >= 15 is 0 Å². The molecular weight excluding hydrogens is 446 g/mol. The molecule has 1 unspecified atom stereocenters. The number of aliphatic carboxylic acids is 1. The van der Waals surface area contributed by atoms with E-state index in [1.807, 2.05) is 0 Å².